The van der Waals surface area contributed by atoms with Crippen molar-refractivity contribution in [3.05, 3.63) is 0 Å². The summed E-state index contributed by atoms with van der Waals surface area (Å²) in [5.74, 6) is 1.55. The normalized spacial score (nSPS) is 22.0. The Morgan fingerprint density at radius 2 is 1.93 bits per heavy atom. The fourth-order valence-electron chi connectivity index (χ4n) is 4.19. The van der Waals surface area contributed by atoms with Crippen LogP contribution in [0, 0.1) is 11.3 Å². The Morgan fingerprint density at radius 3 is 2.59 bits per heavy atom. The van der Waals surface area contributed by atoms with E-state index in [1.54, 1.807) is 0 Å². The molecule has 1 atom stereocenters. The van der Waals surface area contributed by atoms with Crippen LogP contribution in [0.25, 0.3) is 0 Å². The zero-order valence-corrected chi connectivity index (χ0v) is 17.9. The van der Waals surface area contributed by atoms with Gasteiger partial charge in [-0.25, -0.2) is 0 Å². The Hall–Kier alpha value is -0.850. The van der Waals surface area contributed by atoms with Crippen LogP contribution < -0.4 is 10.6 Å². The first-order valence-corrected chi connectivity index (χ1v) is 11.1. The van der Waals surface area contributed by atoms with Crippen LogP contribution in [0.3, 0.4) is 0 Å². The van der Waals surface area contributed by atoms with Gasteiger partial charge in [-0.2, -0.15) is 0 Å². The van der Waals surface area contributed by atoms with E-state index in [0.29, 0.717) is 11.3 Å². The molecule has 2 fully saturated rings. The van der Waals surface area contributed by atoms with Gasteiger partial charge in [0.1, 0.15) is 0 Å². The standard InChI is InChI=1S/C21H42N4O2/c1-4-22-20(23-16-19(3)17-25-11-14-27-15-12-25)24-18-21(8-6-7-9-21)10-13-26-5-2/h19H,4-18H2,1-3H3,(H2,22,23,24). The third-order valence-corrected chi connectivity index (χ3v) is 5.85. The first-order valence-electron chi connectivity index (χ1n) is 11.1. The van der Waals surface area contributed by atoms with Crippen LogP contribution in [0.2, 0.25) is 0 Å². The van der Waals surface area contributed by atoms with Crippen molar-refractivity contribution in [2.75, 3.05) is 65.7 Å². The van der Waals surface area contributed by atoms with Gasteiger partial charge in [0, 0.05) is 52.5 Å². The van der Waals surface area contributed by atoms with Crippen LogP contribution in [-0.2, 0) is 9.47 Å². The second kappa shape index (κ2) is 12.6. The van der Waals surface area contributed by atoms with E-state index in [4.69, 9.17) is 14.5 Å². The van der Waals surface area contributed by atoms with Gasteiger partial charge < -0.3 is 20.1 Å². The van der Waals surface area contributed by atoms with Crippen LogP contribution >= 0.6 is 0 Å². The van der Waals surface area contributed by atoms with Crippen molar-refractivity contribution in [2.24, 2.45) is 16.3 Å². The van der Waals surface area contributed by atoms with E-state index in [2.05, 4.69) is 36.3 Å². The summed E-state index contributed by atoms with van der Waals surface area (Å²) in [7, 11) is 0. The average molecular weight is 383 g/mol. The number of nitrogens with zero attached hydrogens (tertiary/aromatic N) is 2. The molecule has 0 aromatic carbocycles. The minimum atomic E-state index is 0.344. The second-order valence-electron chi connectivity index (χ2n) is 8.25. The summed E-state index contributed by atoms with van der Waals surface area (Å²) in [5.41, 5.74) is 0.344. The molecular formula is C21H42N4O2. The number of guanidine groups is 1. The van der Waals surface area contributed by atoms with Gasteiger partial charge in [0.15, 0.2) is 5.96 Å². The number of hydrogen-bond donors (Lipinski definition) is 2. The number of nitrogens with one attached hydrogen (secondary N) is 2. The highest BCUT2D eigenvalue weighted by atomic mass is 16.5. The van der Waals surface area contributed by atoms with Gasteiger partial charge in [0.25, 0.3) is 0 Å². The van der Waals surface area contributed by atoms with Crippen LogP contribution in [0.5, 0.6) is 0 Å². The Kier molecular flexibility index (Phi) is 10.5. The molecule has 1 saturated carbocycles. The lowest BCUT2D eigenvalue weighted by Gasteiger charge is -2.29. The summed E-state index contributed by atoms with van der Waals surface area (Å²) in [6, 6.07) is 0. The lowest BCUT2D eigenvalue weighted by Crippen LogP contribution is -2.44. The highest BCUT2D eigenvalue weighted by Gasteiger charge is 2.33. The van der Waals surface area contributed by atoms with Crippen molar-refractivity contribution in [3.8, 4) is 0 Å². The van der Waals surface area contributed by atoms with E-state index in [0.717, 1.165) is 78.1 Å². The molecule has 0 bridgehead atoms. The predicted octanol–water partition coefficient (Wildman–Crippen LogP) is 2.50. The monoisotopic (exact) mass is 382 g/mol. The lowest BCUT2D eigenvalue weighted by molar-refractivity contribution is 0.0320. The van der Waals surface area contributed by atoms with Gasteiger partial charge in [0.2, 0.25) is 0 Å². The molecule has 0 amide bonds. The van der Waals surface area contributed by atoms with Crippen LogP contribution in [-0.4, -0.2) is 76.6 Å². The quantitative estimate of drug-likeness (QED) is 0.327. The lowest BCUT2D eigenvalue weighted by atomic mass is 9.83. The first-order chi connectivity index (χ1) is 13.2. The van der Waals surface area contributed by atoms with Crippen molar-refractivity contribution in [1.82, 2.24) is 15.5 Å². The largest absolute Gasteiger partial charge is 0.382 e. The van der Waals surface area contributed by atoms with Crippen molar-refractivity contribution < 1.29 is 9.47 Å². The zero-order valence-electron chi connectivity index (χ0n) is 17.9. The topological polar surface area (TPSA) is 58.1 Å². The van der Waals surface area contributed by atoms with E-state index < -0.39 is 0 Å². The summed E-state index contributed by atoms with van der Waals surface area (Å²) in [6.07, 6.45) is 6.38. The molecule has 0 radical (unpaired) electrons. The fourth-order valence-corrected chi connectivity index (χ4v) is 4.19. The third-order valence-electron chi connectivity index (χ3n) is 5.85. The zero-order chi connectivity index (χ0) is 19.4. The van der Waals surface area contributed by atoms with Crippen molar-refractivity contribution in [1.29, 1.82) is 0 Å². The SMILES string of the molecule is CCNC(=NCC1(CCOCC)CCCC1)NCC(C)CN1CCOCC1. The summed E-state index contributed by atoms with van der Waals surface area (Å²) in [5, 5.41) is 6.99. The summed E-state index contributed by atoms with van der Waals surface area (Å²) in [4.78, 5) is 7.47. The first kappa shape index (κ1) is 22.4. The maximum Gasteiger partial charge on any atom is 0.191 e. The molecule has 2 rings (SSSR count). The number of aliphatic imine (C=N–C) groups is 1. The molecule has 158 valence electrons. The number of ether oxygens (including phenoxy) is 2. The average Bonchev–Trinajstić information content (AvgIpc) is 3.14. The smallest absolute Gasteiger partial charge is 0.191 e. The predicted molar refractivity (Wildman–Crippen MR) is 112 cm³/mol. The van der Waals surface area contributed by atoms with E-state index in [-0.39, 0.29) is 0 Å². The van der Waals surface area contributed by atoms with Gasteiger partial charge >= 0.3 is 0 Å². The Balaban J connectivity index is 1.80. The van der Waals surface area contributed by atoms with Gasteiger partial charge in [-0.05, 0) is 44.4 Å². The molecular weight excluding hydrogens is 340 g/mol. The fraction of sp³-hybridized carbons (Fsp3) is 0.952. The Morgan fingerprint density at radius 1 is 1.19 bits per heavy atom. The molecule has 1 aliphatic carbocycles. The summed E-state index contributed by atoms with van der Waals surface area (Å²) < 4.78 is 11.1. The van der Waals surface area contributed by atoms with Crippen LogP contribution in [0.15, 0.2) is 4.99 Å². The molecule has 0 spiro atoms. The van der Waals surface area contributed by atoms with E-state index in [1.165, 1.54) is 25.7 Å². The summed E-state index contributed by atoms with van der Waals surface area (Å²) in [6.45, 7) is 15.9. The molecule has 1 aliphatic heterocycles. The van der Waals surface area contributed by atoms with Crippen molar-refractivity contribution in [3.63, 3.8) is 0 Å². The molecule has 6 nitrogen and oxygen atoms in total. The molecule has 27 heavy (non-hydrogen) atoms. The van der Waals surface area contributed by atoms with Gasteiger partial charge in [-0.3, -0.25) is 9.89 Å². The second-order valence-corrected chi connectivity index (χ2v) is 8.25. The molecule has 6 heteroatoms. The van der Waals surface area contributed by atoms with E-state index >= 15 is 0 Å². The number of morpholine rings is 1. The maximum absolute atomic E-state index is 5.63. The molecule has 1 heterocycles. The van der Waals surface area contributed by atoms with Crippen LogP contribution in [0.1, 0.15) is 52.9 Å². The molecule has 0 aromatic heterocycles. The molecule has 1 saturated heterocycles. The minimum absolute atomic E-state index is 0.344. The van der Waals surface area contributed by atoms with Crippen LogP contribution in [0.4, 0.5) is 0 Å². The Bertz CT molecular complexity index is 418. The van der Waals surface area contributed by atoms with Gasteiger partial charge in [-0.1, -0.05) is 19.8 Å². The minimum Gasteiger partial charge on any atom is -0.382 e. The number of hydrogen-bond acceptors (Lipinski definition) is 4. The van der Waals surface area contributed by atoms with Gasteiger partial charge in [0.05, 0.1) is 13.2 Å². The summed E-state index contributed by atoms with van der Waals surface area (Å²) >= 11 is 0. The maximum atomic E-state index is 5.63. The van der Waals surface area contributed by atoms with Crippen molar-refractivity contribution >= 4 is 5.96 Å². The van der Waals surface area contributed by atoms with E-state index in [1.807, 2.05) is 0 Å². The third kappa shape index (κ3) is 8.36. The molecule has 2 N–H and O–H groups in total. The van der Waals surface area contributed by atoms with Gasteiger partial charge in [-0.15, -0.1) is 0 Å². The number of rotatable bonds is 11. The van der Waals surface area contributed by atoms with Crippen molar-refractivity contribution in [2.45, 2.75) is 52.9 Å². The molecule has 1 unspecified atom stereocenters. The highest BCUT2D eigenvalue weighted by Crippen LogP contribution is 2.41. The Labute approximate surface area is 166 Å². The molecule has 2 aliphatic rings. The van der Waals surface area contributed by atoms with E-state index in [9.17, 15) is 0 Å². The molecule has 0 aromatic rings. The highest BCUT2D eigenvalue weighted by molar-refractivity contribution is 5.79.